The van der Waals surface area contributed by atoms with Crippen LogP contribution in [-0.4, -0.2) is 34.4 Å². The number of fused-ring (bicyclic) bond motifs is 1. The molecular weight excluding hydrogens is 408 g/mol. The maximum Gasteiger partial charge on any atom is 0.152 e. The summed E-state index contributed by atoms with van der Waals surface area (Å²) in [7, 11) is 2.01. The molecule has 0 amide bonds. The molecule has 2 heterocycles. The number of nitrogens with zero attached hydrogens (tertiary/aromatic N) is 2. The highest BCUT2D eigenvalue weighted by Gasteiger charge is 2.25. The van der Waals surface area contributed by atoms with E-state index in [0.29, 0.717) is 23.6 Å². The van der Waals surface area contributed by atoms with Crippen molar-refractivity contribution >= 4 is 5.82 Å². The molecule has 1 aliphatic rings. The molecule has 0 saturated heterocycles. The molecule has 186 valence electrons. The van der Waals surface area contributed by atoms with Crippen molar-refractivity contribution in [2.75, 3.05) is 18.5 Å². The van der Waals surface area contributed by atoms with Crippen molar-refractivity contribution in [2.45, 2.75) is 111 Å². The molecule has 0 fully saturated rings. The Morgan fingerprint density at radius 2 is 1.58 bits per heavy atom. The number of hydrogen-bond donors (Lipinski definition) is 2. The second kappa shape index (κ2) is 12.7. The van der Waals surface area contributed by atoms with Gasteiger partial charge in [0.25, 0.3) is 0 Å². The molecule has 1 aliphatic heterocycles. The zero-order chi connectivity index (χ0) is 24.6. The summed E-state index contributed by atoms with van der Waals surface area (Å²) < 4.78 is 0. The Morgan fingerprint density at radius 1 is 1.00 bits per heavy atom. The van der Waals surface area contributed by atoms with E-state index < -0.39 is 5.60 Å². The van der Waals surface area contributed by atoms with Crippen LogP contribution < -0.4 is 4.90 Å². The largest absolute Gasteiger partial charge is 0.505 e. The topological polar surface area (TPSA) is 56.6 Å². The normalized spacial score (nSPS) is 16.8. The van der Waals surface area contributed by atoms with E-state index in [1.165, 1.54) is 38.5 Å². The van der Waals surface area contributed by atoms with Gasteiger partial charge in [-0.05, 0) is 50.9 Å². The highest BCUT2D eigenvalue weighted by Crippen LogP contribution is 2.34. The van der Waals surface area contributed by atoms with E-state index in [-0.39, 0.29) is 5.75 Å². The smallest absolute Gasteiger partial charge is 0.152 e. The van der Waals surface area contributed by atoms with Crippen LogP contribution in [0.1, 0.15) is 109 Å². The maximum absolute atomic E-state index is 10.8. The number of rotatable bonds is 12. The molecule has 4 nitrogen and oxygen atoms in total. The van der Waals surface area contributed by atoms with Crippen molar-refractivity contribution in [3.8, 4) is 17.6 Å². The molecule has 1 aromatic heterocycles. The van der Waals surface area contributed by atoms with Gasteiger partial charge in [0, 0.05) is 19.2 Å². The van der Waals surface area contributed by atoms with Crippen LogP contribution in [-0.2, 0) is 6.42 Å². The number of aryl methyl sites for hydroxylation is 1. The van der Waals surface area contributed by atoms with E-state index in [9.17, 15) is 10.2 Å². The van der Waals surface area contributed by atoms with Gasteiger partial charge < -0.3 is 15.1 Å². The van der Waals surface area contributed by atoms with Crippen LogP contribution in [0.2, 0.25) is 0 Å². The maximum atomic E-state index is 10.8. The van der Waals surface area contributed by atoms with Crippen LogP contribution in [0, 0.1) is 36.5 Å². The number of pyridine rings is 1. The van der Waals surface area contributed by atoms with Crippen LogP contribution in [0.25, 0.3) is 0 Å². The molecule has 0 saturated carbocycles. The number of likely N-dealkylation sites (N-methyl/N-ethyl adjacent to an activating group) is 1. The molecule has 3 atom stereocenters. The van der Waals surface area contributed by atoms with Gasteiger partial charge in [-0.25, -0.2) is 4.98 Å². The number of anilines is 1. The third kappa shape index (κ3) is 8.85. The van der Waals surface area contributed by atoms with E-state index in [1.54, 1.807) is 13.8 Å². The molecular formula is C29H48N2O2. The fourth-order valence-corrected chi connectivity index (χ4v) is 4.82. The number of aromatic nitrogens is 1. The second-order valence-corrected chi connectivity index (χ2v) is 11.3. The summed E-state index contributed by atoms with van der Waals surface area (Å²) in [5, 5.41) is 21.4. The van der Waals surface area contributed by atoms with Crippen LogP contribution in [0.15, 0.2) is 0 Å². The van der Waals surface area contributed by atoms with Crippen molar-refractivity contribution < 1.29 is 10.2 Å². The SMILES string of the molecule is Cc1nc2c(c(C#C[C@](C)(O)CCC[C@H](C)CCC[C@H](C)CCCC(C)C)c1O)CCN2C. The first kappa shape index (κ1) is 27.5. The van der Waals surface area contributed by atoms with Gasteiger partial charge in [-0.15, -0.1) is 0 Å². The van der Waals surface area contributed by atoms with Gasteiger partial charge in [0.2, 0.25) is 0 Å². The van der Waals surface area contributed by atoms with Gasteiger partial charge in [0.15, 0.2) is 5.75 Å². The minimum atomic E-state index is -1.05. The van der Waals surface area contributed by atoms with Crippen LogP contribution in [0.4, 0.5) is 5.82 Å². The fourth-order valence-electron chi connectivity index (χ4n) is 4.82. The Labute approximate surface area is 203 Å². The van der Waals surface area contributed by atoms with Gasteiger partial charge in [-0.2, -0.15) is 0 Å². The molecule has 0 radical (unpaired) electrons. The van der Waals surface area contributed by atoms with Gasteiger partial charge in [-0.3, -0.25) is 0 Å². The Kier molecular flexibility index (Phi) is 10.6. The molecule has 1 aromatic rings. The number of aliphatic hydroxyl groups is 1. The Balaban J connectivity index is 1.78. The molecule has 33 heavy (non-hydrogen) atoms. The third-order valence-electron chi connectivity index (χ3n) is 7.17. The van der Waals surface area contributed by atoms with E-state index in [0.717, 1.165) is 49.0 Å². The Bertz CT molecular complexity index is 819. The lowest BCUT2D eigenvalue weighted by Gasteiger charge is -2.19. The van der Waals surface area contributed by atoms with Crippen LogP contribution >= 0.6 is 0 Å². The predicted octanol–water partition coefficient (Wildman–Crippen LogP) is 6.63. The van der Waals surface area contributed by atoms with Crippen molar-refractivity contribution in [1.82, 2.24) is 4.98 Å². The van der Waals surface area contributed by atoms with E-state index in [1.807, 2.05) is 7.05 Å². The van der Waals surface area contributed by atoms with Crippen LogP contribution in [0.5, 0.6) is 5.75 Å². The lowest BCUT2D eigenvalue weighted by atomic mass is 9.90. The number of aromatic hydroxyl groups is 1. The van der Waals surface area contributed by atoms with Gasteiger partial charge in [-0.1, -0.05) is 84.5 Å². The van der Waals surface area contributed by atoms with Crippen LogP contribution in [0.3, 0.4) is 0 Å². The minimum Gasteiger partial charge on any atom is -0.505 e. The molecule has 2 rings (SSSR count). The molecule has 2 N–H and O–H groups in total. The molecule has 4 heteroatoms. The van der Waals surface area contributed by atoms with E-state index in [4.69, 9.17) is 0 Å². The molecule has 0 bridgehead atoms. The summed E-state index contributed by atoms with van der Waals surface area (Å²) >= 11 is 0. The second-order valence-electron chi connectivity index (χ2n) is 11.3. The fraction of sp³-hybridized carbons (Fsp3) is 0.759. The summed E-state index contributed by atoms with van der Waals surface area (Å²) in [6.07, 6.45) is 11.6. The van der Waals surface area contributed by atoms with Gasteiger partial charge in [0.05, 0.1) is 11.3 Å². The van der Waals surface area contributed by atoms with E-state index >= 15 is 0 Å². The molecule has 0 spiro atoms. The zero-order valence-electron chi connectivity index (χ0n) is 22.3. The standard InChI is InChI=1S/C29H48N2O2/c1-21(2)11-8-12-22(3)13-9-14-23(4)15-10-18-29(6,33)19-16-25-26-17-20-31(7)28(26)30-24(5)27(25)32/h21-23,32-33H,8-15,17-18,20H2,1-7H3/t22-,23-,29-/m1/s1. The van der Waals surface area contributed by atoms with Gasteiger partial charge >= 0.3 is 0 Å². The zero-order valence-corrected chi connectivity index (χ0v) is 22.3. The quantitative estimate of drug-likeness (QED) is 0.347. The first-order valence-electron chi connectivity index (χ1n) is 13.2. The lowest BCUT2D eigenvalue weighted by molar-refractivity contribution is 0.107. The first-order valence-corrected chi connectivity index (χ1v) is 13.2. The molecule has 0 aliphatic carbocycles. The molecule has 0 aromatic carbocycles. The lowest BCUT2D eigenvalue weighted by Crippen LogP contribution is -2.21. The summed E-state index contributed by atoms with van der Waals surface area (Å²) in [5.41, 5.74) is 1.18. The summed E-state index contributed by atoms with van der Waals surface area (Å²) in [4.78, 5) is 6.61. The predicted molar refractivity (Wildman–Crippen MR) is 140 cm³/mol. The van der Waals surface area contributed by atoms with Crippen molar-refractivity contribution in [3.63, 3.8) is 0 Å². The van der Waals surface area contributed by atoms with Crippen molar-refractivity contribution in [2.24, 2.45) is 17.8 Å². The summed E-state index contributed by atoms with van der Waals surface area (Å²) in [5.74, 6) is 9.54. The molecule has 0 unspecified atom stereocenters. The van der Waals surface area contributed by atoms with Crippen molar-refractivity contribution in [1.29, 1.82) is 0 Å². The first-order chi connectivity index (χ1) is 15.5. The highest BCUT2D eigenvalue weighted by atomic mass is 16.3. The monoisotopic (exact) mass is 456 g/mol. The average molecular weight is 457 g/mol. The Hall–Kier alpha value is -1.73. The van der Waals surface area contributed by atoms with Gasteiger partial charge in [0.1, 0.15) is 11.4 Å². The number of hydrogen-bond acceptors (Lipinski definition) is 4. The van der Waals surface area contributed by atoms with E-state index in [2.05, 4.69) is 49.4 Å². The average Bonchev–Trinajstić information content (AvgIpc) is 3.08. The minimum absolute atomic E-state index is 0.152. The summed E-state index contributed by atoms with van der Waals surface area (Å²) in [6.45, 7) is 13.8. The Morgan fingerprint density at radius 3 is 2.18 bits per heavy atom. The highest BCUT2D eigenvalue weighted by molar-refractivity contribution is 5.65. The summed E-state index contributed by atoms with van der Waals surface area (Å²) in [6, 6.07) is 0. The van der Waals surface area contributed by atoms with Crippen molar-refractivity contribution in [3.05, 3.63) is 16.8 Å². The third-order valence-corrected chi connectivity index (χ3v) is 7.17.